The van der Waals surface area contributed by atoms with Crippen LogP contribution in [0.4, 0.5) is 11.4 Å². The SMILES string of the molecule is COc1ccc(NCCC(=O)Nc2ccc(Cl)cc2C)cc1OC. The van der Waals surface area contributed by atoms with Crippen LogP contribution < -0.4 is 20.1 Å². The number of halogens is 1. The second-order valence-corrected chi connectivity index (χ2v) is 5.69. The second kappa shape index (κ2) is 8.45. The zero-order valence-electron chi connectivity index (χ0n) is 14.0. The molecule has 1 amide bonds. The molecule has 0 radical (unpaired) electrons. The fourth-order valence-electron chi connectivity index (χ4n) is 2.25. The predicted molar refractivity (Wildman–Crippen MR) is 97.5 cm³/mol. The van der Waals surface area contributed by atoms with Crippen molar-refractivity contribution in [1.29, 1.82) is 0 Å². The van der Waals surface area contributed by atoms with Crippen LogP contribution in [0.1, 0.15) is 12.0 Å². The molecule has 0 aliphatic heterocycles. The van der Waals surface area contributed by atoms with Crippen molar-refractivity contribution in [2.45, 2.75) is 13.3 Å². The van der Waals surface area contributed by atoms with Gasteiger partial charge in [0.25, 0.3) is 0 Å². The first-order valence-corrected chi connectivity index (χ1v) is 7.93. The third kappa shape index (κ3) is 4.80. The number of carbonyl (C=O) groups excluding carboxylic acids is 1. The molecule has 2 rings (SSSR count). The fourth-order valence-corrected chi connectivity index (χ4v) is 2.47. The molecule has 0 atom stereocenters. The molecule has 6 heteroatoms. The van der Waals surface area contributed by atoms with Gasteiger partial charge in [-0.15, -0.1) is 0 Å². The Hall–Kier alpha value is -2.40. The van der Waals surface area contributed by atoms with Crippen LogP contribution in [0.2, 0.25) is 5.02 Å². The Morgan fingerprint density at radius 2 is 1.83 bits per heavy atom. The molecule has 2 N–H and O–H groups in total. The number of ether oxygens (including phenoxy) is 2. The van der Waals surface area contributed by atoms with E-state index in [4.69, 9.17) is 21.1 Å². The largest absolute Gasteiger partial charge is 0.493 e. The first-order chi connectivity index (χ1) is 11.5. The van der Waals surface area contributed by atoms with Crippen molar-refractivity contribution in [3.05, 3.63) is 47.0 Å². The summed E-state index contributed by atoms with van der Waals surface area (Å²) in [6.07, 6.45) is 0.344. The summed E-state index contributed by atoms with van der Waals surface area (Å²) in [6, 6.07) is 10.9. The van der Waals surface area contributed by atoms with Crippen LogP contribution in [-0.4, -0.2) is 26.7 Å². The number of hydrogen-bond donors (Lipinski definition) is 2. The molecule has 24 heavy (non-hydrogen) atoms. The molecule has 0 saturated heterocycles. The van der Waals surface area contributed by atoms with Gasteiger partial charge in [-0.3, -0.25) is 4.79 Å². The number of aryl methyl sites for hydroxylation is 1. The van der Waals surface area contributed by atoms with Crippen LogP contribution in [0.15, 0.2) is 36.4 Å². The Bertz CT molecular complexity index is 719. The van der Waals surface area contributed by atoms with Crippen molar-refractivity contribution in [2.75, 3.05) is 31.4 Å². The van der Waals surface area contributed by atoms with Gasteiger partial charge in [-0.05, 0) is 42.8 Å². The molecule has 0 fully saturated rings. The van der Waals surface area contributed by atoms with Gasteiger partial charge in [0.2, 0.25) is 5.91 Å². The van der Waals surface area contributed by atoms with E-state index >= 15 is 0 Å². The Kier molecular flexibility index (Phi) is 6.32. The van der Waals surface area contributed by atoms with Gasteiger partial charge in [-0.25, -0.2) is 0 Å². The number of benzene rings is 2. The maximum atomic E-state index is 12.0. The zero-order valence-corrected chi connectivity index (χ0v) is 14.7. The summed E-state index contributed by atoms with van der Waals surface area (Å²) in [5.41, 5.74) is 2.57. The average molecular weight is 349 g/mol. The van der Waals surface area contributed by atoms with Crippen LogP contribution >= 0.6 is 11.6 Å². The molecular weight excluding hydrogens is 328 g/mol. The van der Waals surface area contributed by atoms with E-state index in [1.54, 1.807) is 26.4 Å². The lowest BCUT2D eigenvalue weighted by atomic mass is 10.2. The molecule has 2 aromatic rings. The molecule has 0 heterocycles. The highest BCUT2D eigenvalue weighted by molar-refractivity contribution is 6.30. The quantitative estimate of drug-likeness (QED) is 0.790. The molecule has 0 aromatic heterocycles. The van der Waals surface area contributed by atoms with Gasteiger partial charge in [0.05, 0.1) is 14.2 Å². The normalized spacial score (nSPS) is 10.2. The first kappa shape index (κ1) is 17.9. The fraction of sp³-hybridized carbons (Fsp3) is 0.278. The predicted octanol–water partition coefficient (Wildman–Crippen LogP) is 4.11. The summed E-state index contributed by atoms with van der Waals surface area (Å²) in [5.74, 6) is 1.25. The first-order valence-electron chi connectivity index (χ1n) is 7.55. The molecule has 5 nitrogen and oxygen atoms in total. The summed E-state index contributed by atoms with van der Waals surface area (Å²) in [7, 11) is 3.18. The van der Waals surface area contributed by atoms with Crippen molar-refractivity contribution < 1.29 is 14.3 Å². The van der Waals surface area contributed by atoms with Gasteiger partial charge in [0.15, 0.2) is 11.5 Å². The monoisotopic (exact) mass is 348 g/mol. The number of anilines is 2. The topological polar surface area (TPSA) is 59.6 Å². The number of hydrogen-bond acceptors (Lipinski definition) is 4. The number of amides is 1. The number of methoxy groups -OCH3 is 2. The summed E-state index contributed by atoms with van der Waals surface area (Å²) in [6.45, 7) is 2.41. The average Bonchev–Trinajstić information content (AvgIpc) is 2.57. The van der Waals surface area contributed by atoms with Gasteiger partial charge in [-0.2, -0.15) is 0 Å². The van der Waals surface area contributed by atoms with E-state index in [9.17, 15) is 4.79 Å². The van der Waals surface area contributed by atoms with Crippen LogP contribution in [0.25, 0.3) is 0 Å². The van der Waals surface area contributed by atoms with Gasteiger partial charge >= 0.3 is 0 Å². The molecule has 0 unspecified atom stereocenters. The van der Waals surface area contributed by atoms with E-state index in [0.717, 1.165) is 16.9 Å². The third-order valence-corrected chi connectivity index (χ3v) is 3.76. The summed E-state index contributed by atoms with van der Waals surface area (Å²) in [4.78, 5) is 12.0. The minimum atomic E-state index is -0.0617. The minimum absolute atomic E-state index is 0.0617. The summed E-state index contributed by atoms with van der Waals surface area (Å²) < 4.78 is 10.4. The molecule has 0 saturated carbocycles. The maximum Gasteiger partial charge on any atom is 0.226 e. The van der Waals surface area contributed by atoms with E-state index in [1.165, 1.54) is 0 Å². The smallest absolute Gasteiger partial charge is 0.226 e. The van der Waals surface area contributed by atoms with E-state index in [1.807, 2.05) is 31.2 Å². The van der Waals surface area contributed by atoms with Crippen molar-refractivity contribution in [3.63, 3.8) is 0 Å². The van der Waals surface area contributed by atoms with Crippen molar-refractivity contribution in [1.82, 2.24) is 0 Å². The van der Waals surface area contributed by atoms with Gasteiger partial charge in [0, 0.05) is 35.4 Å². The Balaban J connectivity index is 1.86. The Morgan fingerprint density at radius 1 is 1.08 bits per heavy atom. The highest BCUT2D eigenvalue weighted by Gasteiger charge is 2.07. The number of nitrogens with one attached hydrogen (secondary N) is 2. The molecule has 128 valence electrons. The molecular formula is C18H21ClN2O3. The van der Waals surface area contributed by atoms with Crippen molar-refractivity contribution in [2.24, 2.45) is 0 Å². The van der Waals surface area contributed by atoms with Crippen LogP contribution in [0, 0.1) is 6.92 Å². The van der Waals surface area contributed by atoms with Gasteiger partial charge in [-0.1, -0.05) is 11.6 Å². The Labute approximate surface area is 146 Å². The molecule has 0 aliphatic rings. The molecule has 0 aliphatic carbocycles. The lowest BCUT2D eigenvalue weighted by molar-refractivity contribution is -0.115. The summed E-state index contributed by atoms with van der Waals surface area (Å²) >= 11 is 5.91. The maximum absolute atomic E-state index is 12.0. The second-order valence-electron chi connectivity index (χ2n) is 5.25. The lowest BCUT2D eigenvalue weighted by Gasteiger charge is -2.12. The van der Waals surface area contributed by atoms with E-state index in [-0.39, 0.29) is 5.91 Å². The van der Waals surface area contributed by atoms with E-state index in [2.05, 4.69) is 10.6 Å². The molecule has 2 aromatic carbocycles. The molecule has 0 bridgehead atoms. The van der Waals surface area contributed by atoms with Crippen molar-refractivity contribution in [3.8, 4) is 11.5 Å². The lowest BCUT2D eigenvalue weighted by Crippen LogP contribution is -2.16. The number of rotatable bonds is 7. The standard InChI is InChI=1S/C18H21ClN2O3/c1-12-10-13(19)4-6-15(12)21-18(22)8-9-20-14-5-7-16(23-2)17(11-14)24-3/h4-7,10-11,20H,8-9H2,1-3H3,(H,21,22). The highest BCUT2D eigenvalue weighted by atomic mass is 35.5. The van der Waals surface area contributed by atoms with Gasteiger partial charge < -0.3 is 20.1 Å². The van der Waals surface area contributed by atoms with E-state index in [0.29, 0.717) is 29.5 Å². The number of carbonyl (C=O) groups is 1. The van der Waals surface area contributed by atoms with Crippen LogP contribution in [0.3, 0.4) is 0 Å². The molecule has 0 spiro atoms. The third-order valence-electron chi connectivity index (χ3n) is 3.53. The Morgan fingerprint density at radius 3 is 2.50 bits per heavy atom. The van der Waals surface area contributed by atoms with E-state index < -0.39 is 0 Å². The van der Waals surface area contributed by atoms with Crippen LogP contribution in [0.5, 0.6) is 11.5 Å². The highest BCUT2D eigenvalue weighted by Crippen LogP contribution is 2.29. The van der Waals surface area contributed by atoms with Crippen molar-refractivity contribution >= 4 is 28.9 Å². The van der Waals surface area contributed by atoms with Gasteiger partial charge in [0.1, 0.15) is 0 Å². The zero-order chi connectivity index (χ0) is 17.5. The van der Waals surface area contributed by atoms with Crippen LogP contribution in [-0.2, 0) is 4.79 Å². The summed E-state index contributed by atoms with van der Waals surface area (Å²) in [5, 5.41) is 6.73. The minimum Gasteiger partial charge on any atom is -0.493 e.